The van der Waals surface area contributed by atoms with Crippen LogP contribution in [0.4, 0.5) is 10.5 Å². The van der Waals surface area contributed by atoms with Crippen molar-refractivity contribution in [1.29, 1.82) is 0 Å². The van der Waals surface area contributed by atoms with Gasteiger partial charge in [-0.2, -0.15) is 0 Å². The second-order valence-electron chi connectivity index (χ2n) is 7.05. The normalized spacial score (nSPS) is 11.7. The van der Waals surface area contributed by atoms with Gasteiger partial charge in [0.25, 0.3) is 0 Å². The fraction of sp³-hybridized carbons (Fsp3) is 0.125. The molecular formula is C24H22N4O2. The lowest BCUT2D eigenvalue weighted by atomic mass is 10.1. The van der Waals surface area contributed by atoms with Crippen LogP contribution in [0.1, 0.15) is 28.6 Å². The van der Waals surface area contributed by atoms with Crippen LogP contribution in [0, 0.1) is 13.8 Å². The number of nitrogens with zero attached hydrogens (tertiary/aromatic N) is 2. The summed E-state index contributed by atoms with van der Waals surface area (Å²) in [6.45, 7) is 4.04. The summed E-state index contributed by atoms with van der Waals surface area (Å²) >= 11 is 0. The number of benzene rings is 3. The van der Waals surface area contributed by atoms with Gasteiger partial charge < -0.3 is 15.1 Å². The third-order valence-corrected chi connectivity index (χ3v) is 4.88. The van der Waals surface area contributed by atoms with Crippen LogP contribution >= 0.6 is 0 Å². The van der Waals surface area contributed by atoms with Crippen LogP contribution in [0.3, 0.4) is 0 Å². The van der Waals surface area contributed by atoms with Gasteiger partial charge in [-0.1, -0.05) is 54.6 Å². The maximum Gasteiger partial charge on any atom is 0.320 e. The van der Waals surface area contributed by atoms with Crippen molar-refractivity contribution in [2.45, 2.75) is 19.9 Å². The van der Waals surface area contributed by atoms with Gasteiger partial charge in [-0.05, 0) is 54.8 Å². The summed E-state index contributed by atoms with van der Waals surface area (Å²) < 4.78 is 5.91. The molecule has 4 rings (SSSR count). The number of carbonyl (C=O) groups excluding carboxylic acids is 1. The molecule has 1 heterocycles. The van der Waals surface area contributed by atoms with E-state index in [0.717, 1.165) is 22.4 Å². The topological polar surface area (TPSA) is 80.0 Å². The van der Waals surface area contributed by atoms with Gasteiger partial charge in [-0.25, -0.2) is 4.79 Å². The van der Waals surface area contributed by atoms with E-state index in [1.54, 1.807) is 0 Å². The molecule has 0 spiro atoms. The molecule has 0 aliphatic rings. The highest BCUT2D eigenvalue weighted by Gasteiger charge is 2.23. The molecule has 150 valence electrons. The van der Waals surface area contributed by atoms with Gasteiger partial charge in [-0.3, -0.25) is 0 Å². The Balaban J connectivity index is 1.59. The first-order chi connectivity index (χ1) is 14.6. The zero-order valence-electron chi connectivity index (χ0n) is 16.8. The Morgan fingerprint density at radius 2 is 1.57 bits per heavy atom. The second kappa shape index (κ2) is 8.61. The molecule has 0 saturated heterocycles. The lowest BCUT2D eigenvalue weighted by Gasteiger charge is -2.16. The van der Waals surface area contributed by atoms with Crippen LogP contribution in [-0.4, -0.2) is 16.2 Å². The molecule has 0 saturated carbocycles. The van der Waals surface area contributed by atoms with Crippen molar-refractivity contribution in [3.63, 3.8) is 0 Å². The van der Waals surface area contributed by atoms with E-state index in [-0.39, 0.29) is 6.03 Å². The van der Waals surface area contributed by atoms with E-state index < -0.39 is 6.04 Å². The summed E-state index contributed by atoms with van der Waals surface area (Å²) in [5.41, 5.74) is 4.66. The number of rotatable bonds is 5. The Morgan fingerprint density at radius 1 is 0.867 bits per heavy atom. The smallest absolute Gasteiger partial charge is 0.320 e. The molecule has 1 atom stereocenters. The zero-order valence-corrected chi connectivity index (χ0v) is 16.8. The lowest BCUT2D eigenvalue weighted by Crippen LogP contribution is -2.33. The number of hydrogen-bond donors (Lipinski definition) is 2. The van der Waals surface area contributed by atoms with E-state index in [1.807, 2.05) is 92.7 Å². The monoisotopic (exact) mass is 398 g/mol. The van der Waals surface area contributed by atoms with Crippen LogP contribution in [0.25, 0.3) is 11.5 Å². The van der Waals surface area contributed by atoms with Crippen molar-refractivity contribution in [3.8, 4) is 11.5 Å². The van der Waals surface area contributed by atoms with E-state index in [0.29, 0.717) is 11.8 Å². The Labute approximate surface area is 175 Å². The summed E-state index contributed by atoms with van der Waals surface area (Å²) in [7, 11) is 0. The van der Waals surface area contributed by atoms with Crippen molar-refractivity contribution < 1.29 is 9.21 Å². The van der Waals surface area contributed by atoms with Crippen molar-refractivity contribution in [2.24, 2.45) is 0 Å². The number of nitrogens with one attached hydrogen (secondary N) is 2. The Kier molecular flexibility index (Phi) is 5.57. The number of anilines is 1. The second-order valence-corrected chi connectivity index (χ2v) is 7.05. The molecule has 6 nitrogen and oxygen atoms in total. The van der Waals surface area contributed by atoms with Gasteiger partial charge in [0.05, 0.1) is 0 Å². The lowest BCUT2D eigenvalue weighted by molar-refractivity contribution is 0.248. The van der Waals surface area contributed by atoms with Crippen molar-refractivity contribution in [3.05, 3.63) is 101 Å². The minimum atomic E-state index is -0.581. The first kappa shape index (κ1) is 19.4. The number of urea groups is 1. The SMILES string of the molecule is Cc1ccc(NC(=O)N[C@H](c2ccccc2)c2nnc(-c3ccccc3)o2)cc1C. The first-order valence-electron chi connectivity index (χ1n) is 9.69. The first-order valence-corrected chi connectivity index (χ1v) is 9.69. The van der Waals surface area contributed by atoms with E-state index in [2.05, 4.69) is 20.8 Å². The number of hydrogen-bond acceptors (Lipinski definition) is 4. The van der Waals surface area contributed by atoms with Gasteiger partial charge in [0.15, 0.2) is 0 Å². The van der Waals surface area contributed by atoms with Gasteiger partial charge in [0, 0.05) is 11.3 Å². The predicted molar refractivity (Wildman–Crippen MR) is 116 cm³/mol. The molecule has 0 unspecified atom stereocenters. The number of carbonyl (C=O) groups is 1. The molecule has 0 aliphatic heterocycles. The number of aromatic nitrogens is 2. The summed E-state index contributed by atoms with van der Waals surface area (Å²) in [5.74, 6) is 0.721. The average Bonchev–Trinajstić information content (AvgIpc) is 3.26. The van der Waals surface area contributed by atoms with Crippen LogP contribution in [0.5, 0.6) is 0 Å². The molecule has 2 N–H and O–H groups in total. The molecule has 30 heavy (non-hydrogen) atoms. The Hall–Kier alpha value is -3.93. The Bertz CT molecular complexity index is 1140. The van der Waals surface area contributed by atoms with Crippen molar-refractivity contribution in [2.75, 3.05) is 5.32 Å². The third kappa shape index (κ3) is 4.38. The predicted octanol–water partition coefficient (Wildman–Crippen LogP) is 5.26. The quantitative estimate of drug-likeness (QED) is 0.480. The number of aryl methyl sites for hydroxylation is 2. The molecule has 1 aromatic heterocycles. The summed E-state index contributed by atoms with van der Waals surface area (Å²) in [4.78, 5) is 12.7. The van der Waals surface area contributed by atoms with Crippen LogP contribution in [-0.2, 0) is 0 Å². The van der Waals surface area contributed by atoms with Crippen LogP contribution in [0.15, 0.2) is 83.3 Å². The molecule has 3 aromatic carbocycles. The van der Waals surface area contributed by atoms with E-state index in [9.17, 15) is 4.79 Å². The standard InChI is InChI=1S/C24H22N4O2/c1-16-13-14-20(15-17(16)2)25-24(29)26-21(18-9-5-3-6-10-18)23-28-27-22(30-23)19-11-7-4-8-12-19/h3-15,21H,1-2H3,(H2,25,26,29)/t21-/m1/s1. The highest BCUT2D eigenvalue weighted by Crippen LogP contribution is 2.25. The van der Waals surface area contributed by atoms with Gasteiger partial charge in [0.2, 0.25) is 11.8 Å². The molecule has 2 amide bonds. The molecule has 0 radical (unpaired) electrons. The minimum absolute atomic E-state index is 0.315. The van der Waals surface area contributed by atoms with E-state index >= 15 is 0 Å². The molecule has 0 bridgehead atoms. The van der Waals surface area contributed by atoms with Gasteiger partial charge in [-0.15, -0.1) is 10.2 Å². The van der Waals surface area contributed by atoms with Crippen molar-refractivity contribution in [1.82, 2.24) is 15.5 Å². The van der Waals surface area contributed by atoms with Crippen LogP contribution in [0.2, 0.25) is 0 Å². The molecule has 6 heteroatoms. The van der Waals surface area contributed by atoms with Crippen LogP contribution < -0.4 is 10.6 Å². The minimum Gasteiger partial charge on any atom is -0.418 e. The van der Waals surface area contributed by atoms with Gasteiger partial charge >= 0.3 is 6.03 Å². The molecule has 0 fully saturated rings. The summed E-state index contributed by atoms with van der Waals surface area (Å²) in [5, 5.41) is 14.2. The average molecular weight is 398 g/mol. The Morgan fingerprint density at radius 3 is 2.27 bits per heavy atom. The largest absolute Gasteiger partial charge is 0.418 e. The van der Waals surface area contributed by atoms with E-state index in [1.165, 1.54) is 5.56 Å². The maximum atomic E-state index is 12.7. The molecular weight excluding hydrogens is 376 g/mol. The summed E-state index contributed by atoms with van der Waals surface area (Å²) in [6.07, 6.45) is 0. The fourth-order valence-electron chi connectivity index (χ4n) is 3.10. The summed E-state index contributed by atoms with van der Waals surface area (Å²) in [6, 6.07) is 23.9. The highest BCUT2D eigenvalue weighted by atomic mass is 16.4. The third-order valence-electron chi connectivity index (χ3n) is 4.88. The maximum absolute atomic E-state index is 12.7. The highest BCUT2D eigenvalue weighted by molar-refractivity contribution is 5.89. The van der Waals surface area contributed by atoms with E-state index in [4.69, 9.17) is 4.42 Å². The molecule has 0 aliphatic carbocycles. The fourth-order valence-corrected chi connectivity index (χ4v) is 3.10. The zero-order chi connectivity index (χ0) is 20.9. The molecule has 4 aromatic rings. The number of amides is 2. The van der Waals surface area contributed by atoms with Gasteiger partial charge in [0.1, 0.15) is 6.04 Å². The van der Waals surface area contributed by atoms with Crippen molar-refractivity contribution >= 4 is 11.7 Å².